The summed E-state index contributed by atoms with van der Waals surface area (Å²) in [5.41, 5.74) is 0. The number of ketones is 1. The second kappa shape index (κ2) is 6.35. The number of aryl methyl sites for hydroxylation is 1. The van der Waals surface area contributed by atoms with Crippen LogP contribution in [0.1, 0.15) is 45.4 Å². The Hall–Kier alpha value is -1.26. The third-order valence-electron chi connectivity index (χ3n) is 2.74. The lowest BCUT2D eigenvalue weighted by Gasteiger charge is -2.11. The van der Waals surface area contributed by atoms with Crippen LogP contribution in [-0.2, 0) is 18.3 Å². The minimum Gasteiger partial charge on any atom is -0.299 e. The summed E-state index contributed by atoms with van der Waals surface area (Å²) >= 11 is 0. The van der Waals surface area contributed by atoms with Crippen molar-refractivity contribution < 1.29 is 4.79 Å². The largest absolute Gasteiger partial charge is 0.299 e. The van der Waals surface area contributed by atoms with E-state index in [4.69, 9.17) is 0 Å². The van der Waals surface area contributed by atoms with Crippen LogP contribution in [0.15, 0.2) is 0 Å². The lowest BCUT2D eigenvalue weighted by molar-refractivity contribution is -0.122. The Bertz CT molecular complexity index is 334. The van der Waals surface area contributed by atoms with Crippen LogP contribution in [0.4, 0.5) is 0 Å². The molecule has 5 nitrogen and oxygen atoms in total. The first-order chi connectivity index (χ1) is 7.67. The molecule has 0 fully saturated rings. The number of nitrogens with zero attached hydrogens (tertiary/aromatic N) is 4. The van der Waals surface area contributed by atoms with E-state index in [2.05, 4.69) is 29.3 Å². The van der Waals surface area contributed by atoms with E-state index in [9.17, 15) is 4.79 Å². The van der Waals surface area contributed by atoms with Crippen molar-refractivity contribution in [3.05, 3.63) is 5.82 Å². The number of unbranched alkanes of at least 4 members (excludes halogenated alkanes) is 1. The molecular formula is C11H20N4O. The van der Waals surface area contributed by atoms with Crippen molar-refractivity contribution in [1.82, 2.24) is 20.2 Å². The van der Waals surface area contributed by atoms with Gasteiger partial charge < -0.3 is 0 Å². The standard InChI is InChI=1S/C11H20N4O/c1-4-6-7-9(5-2)10(16)8-11-12-14-15(3)13-11/h9H,4-8H2,1-3H3. The fourth-order valence-corrected chi connectivity index (χ4v) is 1.74. The highest BCUT2D eigenvalue weighted by Gasteiger charge is 2.18. The highest BCUT2D eigenvalue weighted by molar-refractivity contribution is 5.82. The summed E-state index contributed by atoms with van der Waals surface area (Å²) in [7, 11) is 1.70. The van der Waals surface area contributed by atoms with Crippen molar-refractivity contribution in [2.45, 2.75) is 46.0 Å². The van der Waals surface area contributed by atoms with Crippen molar-refractivity contribution in [2.75, 3.05) is 0 Å². The van der Waals surface area contributed by atoms with Gasteiger partial charge in [-0.05, 0) is 18.1 Å². The van der Waals surface area contributed by atoms with Gasteiger partial charge in [0.1, 0.15) is 5.78 Å². The number of Topliss-reactive ketones (excluding diaryl/α,β-unsaturated/α-hetero) is 1. The predicted molar refractivity (Wildman–Crippen MR) is 60.8 cm³/mol. The number of aromatic nitrogens is 4. The molecule has 0 radical (unpaired) electrons. The smallest absolute Gasteiger partial charge is 0.182 e. The maximum atomic E-state index is 11.9. The van der Waals surface area contributed by atoms with Crippen molar-refractivity contribution in [3.8, 4) is 0 Å². The van der Waals surface area contributed by atoms with E-state index in [1.54, 1.807) is 7.05 Å². The Morgan fingerprint density at radius 1 is 1.44 bits per heavy atom. The molecule has 0 aromatic carbocycles. The summed E-state index contributed by atoms with van der Waals surface area (Å²) in [4.78, 5) is 13.3. The van der Waals surface area contributed by atoms with Crippen LogP contribution in [-0.4, -0.2) is 26.0 Å². The molecule has 0 saturated heterocycles. The Kier molecular flexibility index (Phi) is 5.08. The molecule has 5 heteroatoms. The number of hydrogen-bond donors (Lipinski definition) is 0. The Labute approximate surface area is 96.2 Å². The number of rotatable bonds is 7. The molecule has 0 spiro atoms. The van der Waals surface area contributed by atoms with E-state index in [1.165, 1.54) is 4.80 Å². The highest BCUT2D eigenvalue weighted by Crippen LogP contribution is 2.15. The molecule has 0 bridgehead atoms. The van der Waals surface area contributed by atoms with E-state index in [1.807, 2.05) is 0 Å². The third-order valence-corrected chi connectivity index (χ3v) is 2.74. The van der Waals surface area contributed by atoms with Crippen LogP contribution in [0.5, 0.6) is 0 Å². The normalized spacial score (nSPS) is 12.7. The third kappa shape index (κ3) is 3.72. The van der Waals surface area contributed by atoms with Gasteiger partial charge >= 0.3 is 0 Å². The second-order valence-electron chi connectivity index (χ2n) is 4.09. The maximum Gasteiger partial charge on any atom is 0.182 e. The van der Waals surface area contributed by atoms with E-state index < -0.39 is 0 Å². The molecule has 1 aromatic heterocycles. The first-order valence-electron chi connectivity index (χ1n) is 5.93. The Balaban J connectivity index is 2.49. The minimum atomic E-state index is 0.156. The predicted octanol–water partition coefficient (Wildman–Crippen LogP) is 1.54. The number of carbonyl (C=O) groups is 1. The van der Waals surface area contributed by atoms with Gasteiger partial charge in [-0.15, -0.1) is 10.2 Å². The van der Waals surface area contributed by atoms with Crippen LogP contribution < -0.4 is 0 Å². The number of tetrazole rings is 1. The average molecular weight is 224 g/mol. The van der Waals surface area contributed by atoms with Gasteiger partial charge in [-0.1, -0.05) is 26.7 Å². The van der Waals surface area contributed by atoms with Gasteiger partial charge in [0.25, 0.3) is 0 Å². The van der Waals surface area contributed by atoms with Crippen LogP contribution in [0.25, 0.3) is 0 Å². The highest BCUT2D eigenvalue weighted by atomic mass is 16.1. The second-order valence-corrected chi connectivity index (χ2v) is 4.09. The van der Waals surface area contributed by atoms with Crippen molar-refractivity contribution in [3.63, 3.8) is 0 Å². The summed E-state index contributed by atoms with van der Waals surface area (Å²) in [6, 6.07) is 0. The van der Waals surface area contributed by atoms with E-state index in [-0.39, 0.29) is 11.7 Å². The lowest BCUT2D eigenvalue weighted by atomic mass is 9.93. The fraction of sp³-hybridized carbons (Fsp3) is 0.818. The van der Waals surface area contributed by atoms with Crippen LogP contribution in [0, 0.1) is 5.92 Å². The summed E-state index contributed by atoms with van der Waals surface area (Å²) in [5, 5.41) is 11.6. The molecule has 1 rings (SSSR count). The molecule has 1 atom stereocenters. The molecular weight excluding hydrogens is 204 g/mol. The average Bonchev–Trinajstić information content (AvgIpc) is 2.65. The summed E-state index contributed by atoms with van der Waals surface area (Å²) < 4.78 is 0. The van der Waals surface area contributed by atoms with Gasteiger partial charge in [0.15, 0.2) is 5.82 Å². The van der Waals surface area contributed by atoms with Crippen LogP contribution in [0.2, 0.25) is 0 Å². The summed E-state index contributed by atoms with van der Waals surface area (Å²) in [5.74, 6) is 0.926. The quantitative estimate of drug-likeness (QED) is 0.704. The zero-order valence-corrected chi connectivity index (χ0v) is 10.3. The van der Waals surface area contributed by atoms with Crippen molar-refractivity contribution >= 4 is 5.78 Å². The monoisotopic (exact) mass is 224 g/mol. The van der Waals surface area contributed by atoms with Gasteiger partial charge in [-0.25, -0.2) is 0 Å². The van der Waals surface area contributed by atoms with E-state index in [0.717, 1.165) is 25.7 Å². The molecule has 0 amide bonds. The van der Waals surface area contributed by atoms with Gasteiger partial charge in [0, 0.05) is 5.92 Å². The van der Waals surface area contributed by atoms with E-state index >= 15 is 0 Å². The number of hydrogen-bond acceptors (Lipinski definition) is 4. The zero-order chi connectivity index (χ0) is 12.0. The van der Waals surface area contributed by atoms with Gasteiger partial charge in [0.2, 0.25) is 0 Å². The molecule has 1 aromatic rings. The molecule has 16 heavy (non-hydrogen) atoms. The Morgan fingerprint density at radius 2 is 2.19 bits per heavy atom. The molecule has 0 saturated carbocycles. The van der Waals surface area contributed by atoms with Crippen molar-refractivity contribution in [2.24, 2.45) is 13.0 Å². The Morgan fingerprint density at radius 3 is 2.69 bits per heavy atom. The van der Waals surface area contributed by atoms with Gasteiger partial charge in [-0.3, -0.25) is 4.79 Å². The topological polar surface area (TPSA) is 60.7 Å². The summed E-state index contributed by atoms with van der Waals surface area (Å²) in [6.45, 7) is 4.20. The molecule has 1 heterocycles. The fourth-order valence-electron chi connectivity index (χ4n) is 1.74. The maximum absolute atomic E-state index is 11.9. The molecule has 0 N–H and O–H groups in total. The molecule has 0 aliphatic heterocycles. The first-order valence-corrected chi connectivity index (χ1v) is 5.93. The summed E-state index contributed by atoms with van der Waals surface area (Å²) in [6.07, 6.45) is 4.44. The van der Waals surface area contributed by atoms with Crippen LogP contribution >= 0.6 is 0 Å². The molecule has 0 aliphatic carbocycles. The van der Waals surface area contributed by atoms with Crippen molar-refractivity contribution in [1.29, 1.82) is 0 Å². The minimum absolute atomic E-state index is 0.156. The molecule has 0 aliphatic rings. The SMILES string of the molecule is CCCCC(CC)C(=O)Cc1nnn(C)n1. The zero-order valence-electron chi connectivity index (χ0n) is 10.3. The lowest BCUT2D eigenvalue weighted by Crippen LogP contribution is -2.17. The molecule has 90 valence electrons. The number of carbonyl (C=O) groups excluding carboxylic acids is 1. The van der Waals surface area contributed by atoms with Gasteiger partial charge in [-0.2, -0.15) is 4.80 Å². The van der Waals surface area contributed by atoms with Gasteiger partial charge in [0.05, 0.1) is 13.5 Å². The first kappa shape index (κ1) is 12.8. The van der Waals surface area contributed by atoms with Crippen LogP contribution in [0.3, 0.4) is 0 Å². The van der Waals surface area contributed by atoms with E-state index in [0.29, 0.717) is 12.2 Å². The molecule has 1 unspecified atom stereocenters.